The van der Waals surface area contributed by atoms with Crippen LogP contribution in [0.1, 0.15) is 70.3 Å². The van der Waals surface area contributed by atoms with Crippen LogP contribution >= 0.6 is 0 Å². The topological polar surface area (TPSA) is 134 Å². The molecule has 9 atom stereocenters. The van der Waals surface area contributed by atoms with E-state index in [4.69, 9.17) is 18.9 Å². The number of H-pyrrole nitrogens is 1. The van der Waals surface area contributed by atoms with Crippen molar-refractivity contribution in [2.45, 2.75) is 87.6 Å². The number of carbonyl (C=O) groups excluding carboxylic acids is 3. The second-order valence-corrected chi connectivity index (χ2v) is 17.2. The SMILES string of the molecule is CCC1=CC2CN(C1)Cc1c([nH]c3ccccc13)[C@@](C(=O)OC)(c1cc3c(cc1OC)N(C)[C@H]1[C@@](O)(C(=O)OC)[C@H](OC(C)=O)[C@]4(CC)C=CCN5CC[C@]31[C@@H]54)C2.[Cl-].[H+]. The Labute approximate surface area is 347 Å². The lowest BCUT2D eigenvalue weighted by molar-refractivity contribution is -0.228. The van der Waals surface area contributed by atoms with E-state index in [0.29, 0.717) is 50.2 Å². The van der Waals surface area contributed by atoms with Gasteiger partial charge >= 0.3 is 19.3 Å². The molecule has 1 aromatic heterocycles. The lowest BCUT2D eigenvalue weighted by atomic mass is 9.47. The normalized spacial score (nSPS) is 34.3. The van der Waals surface area contributed by atoms with Gasteiger partial charge in [0.25, 0.3) is 0 Å². The van der Waals surface area contributed by atoms with E-state index in [1.807, 2.05) is 37.1 Å². The summed E-state index contributed by atoms with van der Waals surface area (Å²) in [5.41, 5.74) is 1.05. The van der Waals surface area contributed by atoms with Gasteiger partial charge in [0, 0.05) is 90.9 Å². The van der Waals surface area contributed by atoms with Gasteiger partial charge in [-0.2, -0.15) is 0 Å². The molecule has 0 radical (unpaired) electrons. The smallest absolute Gasteiger partial charge is 1.00 e. The second-order valence-electron chi connectivity index (χ2n) is 17.2. The van der Waals surface area contributed by atoms with Crippen LogP contribution < -0.4 is 22.0 Å². The highest BCUT2D eigenvalue weighted by Gasteiger charge is 2.80. The third-order valence-electron chi connectivity index (χ3n) is 14.8. The number of hydrogen-bond acceptors (Lipinski definition) is 11. The van der Waals surface area contributed by atoms with Crippen molar-refractivity contribution in [3.05, 3.63) is 82.6 Å². The van der Waals surface area contributed by atoms with Gasteiger partial charge in [0.2, 0.25) is 5.60 Å². The number of carbonyl (C=O) groups is 3. The Bertz CT molecular complexity index is 2260. The van der Waals surface area contributed by atoms with Crippen LogP contribution in [0, 0.1) is 11.3 Å². The van der Waals surface area contributed by atoms with E-state index in [1.165, 1.54) is 26.7 Å². The van der Waals surface area contributed by atoms with Crippen molar-refractivity contribution in [2.75, 3.05) is 59.5 Å². The van der Waals surface area contributed by atoms with Gasteiger partial charge < -0.3 is 46.3 Å². The molecule has 2 bridgehead atoms. The predicted molar refractivity (Wildman–Crippen MR) is 215 cm³/mol. The van der Waals surface area contributed by atoms with E-state index in [1.54, 1.807) is 7.11 Å². The van der Waals surface area contributed by atoms with Gasteiger partial charge in [-0.25, -0.2) is 4.79 Å². The molecule has 5 aliphatic heterocycles. The number of nitrogens with one attached hydrogen (secondary N) is 1. The van der Waals surface area contributed by atoms with Crippen molar-refractivity contribution in [3.8, 4) is 5.75 Å². The number of fused-ring (bicyclic) bond motifs is 6. The van der Waals surface area contributed by atoms with E-state index < -0.39 is 45.9 Å². The first-order valence-electron chi connectivity index (χ1n) is 20.3. The summed E-state index contributed by atoms with van der Waals surface area (Å²) in [5.74, 6) is -1.31. The Balaban J connectivity index is 0.00000264. The van der Waals surface area contributed by atoms with Crippen molar-refractivity contribution < 1.29 is 52.3 Å². The summed E-state index contributed by atoms with van der Waals surface area (Å²) >= 11 is 0. The summed E-state index contributed by atoms with van der Waals surface area (Å²) in [5, 5.41) is 14.4. The number of anilines is 1. The first-order chi connectivity index (χ1) is 27.4. The van der Waals surface area contributed by atoms with Crippen molar-refractivity contribution in [2.24, 2.45) is 11.3 Å². The Morgan fingerprint density at radius 2 is 1.78 bits per heavy atom. The van der Waals surface area contributed by atoms with Crippen LogP contribution in [0.4, 0.5) is 5.69 Å². The minimum atomic E-state index is -2.27. The summed E-state index contributed by atoms with van der Waals surface area (Å²) < 4.78 is 23.9. The number of nitrogens with zero attached hydrogens (tertiary/aromatic N) is 3. The number of ether oxygens (including phenoxy) is 4. The molecule has 3 aromatic rings. The van der Waals surface area contributed by atoms with Crippen LogP contribution in [0.25, 0.3) is 10.9 Å². The Morgan fingerprint density at radius 1 is 1.02 bits per heavy atom. The number of aromatic nitrogens is 1. The predicted octanol–water partition coefficient (Wildman–Crippen LogP) is 1.87. The standard InChI is InChI=1S/C45H54N4O8.ClH/c1-8-27-19-28-22-44(40(51)55-6,36-30(25-48(23-27)24-28)29-13-10-11-14-33(29)46-36)32-20-31-34(21-35(32)54-5)47(4)38-43(31)16-18-49-17-12-15-42(9-2,37(43)49)39(57-26(3)50)45(38,53)41(52)56-7;/h10-15,19-21,28,37-39,46,53H,8-9,16-18,22-25H2,1-7H3;1H/t28?,37-,38+,39+,42+,43+,44-,45-;/m0./s1. The zero-order valence-electron chi connectivity index (χ0n) is 35.4. The lowest BCUT2D eigenvalue weighted by Gasteiger charge is -2.63. The third kappa shape index (κ3) is 5.07. The van der Waals surface area contributed by atoms with Crippen LogP contribution in [-0.4, -0.2) is 116 Å². The van der Waals surface area contributed by atoms with Crippen LogP contribution in [0.5, 0.6) is 5.75 Å². The second kappa shape index (κ2) is 14.1. The van der Waals surface area contributed by atoms with Gasteiger partial charge in [-0.1, -0.05) is 55.8 Å². The lowest BCUT2D eigenvalue weighted by Crippen LogP contribution is -3.00. The fourth-order valence-corrected chi connectivity index (χ4v) is 12.8. The summed E-state index contributed by atoms with van der Waals surface area (Å²) in [7, 11) is 6.22. The third-order valence-corrected chi connectivity index (χ3v) is 14.8. The van der Waals surface area contributed by atoms with Crippen molar-refractivity contribution in [1.82, 2.24) is 14.8 Å². The van der Waals surface area contributed by atoms with Crippen molar-refractivity contribution in [1.29, 1.82) is 0 Å². The fraction of sp³-hybridized carbons (Fsp3) is 0.533. The van der Waals surface area contributed by atoms with Crippen LogP contribution in [0.2, 0.25) is 0 Å². The number of esters is 3. The average Bonchev–Trinajstić information content (AvgIpc) is 3.87. The molecule has 6 aliphatic rings. The van der Waals surface area contributed by atoms with Gasteiger partial charge in [0.15, 0.2) is 6.10 Å². The molecule has 1 aliphatic carbocycles. The van der Waals surface area contributed by atoms with E-state index >= 15 is 4.79 Å². The van der Waals surface area contributed by atoms with Gasteiger partial charge in [0.05, 0.1) is 27.4 Å². The quantitative estimate of drug-likeness (QED) is 0.206. The molecule has 2 N–H and O–H groups in total. The average molecular weight is 815 g/mol. The molecule has 2 unspecified atom stereocenters. The molecular formula is C45H55ClN4O8. The van der Waals surface area contributed by atoms with E-state index in [0.717, 1.165) is 52.9 Å². The van der Waals surface area contributed by atoms with E-state index in [-0.39, 0.29) is 31.8 Å². The molecule has 310 valence electrons. The zero-order valence-corrected chi connectivity index (χ0v) is 35.2. The number of rotatable bonds is 7. The molecule has 1 saturated heterocycles. The fourth-order valence-electron chi connectivity index (χ4n) is 12.8. The Hall–Kier alpha value is -4.36. The monoisotopic (exact) mass is 814 g/mol. The molecule has 9 rings (SSSR count). The molecule has 2 fully saturated rings. The zero-order chi connectivity index (χ0) is 40.2. The highest BCUT2D eigenvalue weighted by atomic mass is 35.5. The summed E-state index contributed by atoms with van der Waals surface area (Å²) in [6, 6.07) is 11.2. The number of halogens is 1. The molecule has 1 saturated carbocycles. The van der Waals surface area contributed by atoms with E-state index in [2.05, 4.69) is 58.1 Å². The Morgan fingerprint density at radius 3 is 2.47 bits per heavy atom. The molecule has 58 heavy (non-hydrogen) atoms. The number of methoxy groups -OCH3 is 3. The number of hydrogen-bond donors (Lipinski definition) is 2. The molecule has 12 nitrogen and oxygen atoms in total. The maximum atomic E-state index is 15.2. The minimum absolute atomic E-state index is 0. The Kier molecular flexibility index (Phi) is 9.85. The highest BCUT2D eigenvalue weighted by Crippen LogP contribution is 2.68. The number of aliphatic hydroxyl groups is 1. The number of para-hydroxylation sites is 1. The minimum Gasteiger partial charge on any atom is -1.00 e. The largest absolute Gasteiger partial charge is 1.00 e. The molecule has 0 amide bonds. The van der Waals surface area contributed by atoms with Crippen LogP contribution in [0.3, 0.4) is 0 Å². The number of likely N-dealkylation sites (N-methyl/N-ethyl adjacent to an activating group) is 1. The maximum absolute atomic E-state index is 15.2. The molecule has 1 spiro atoms. The summed E-state index contributed by atoms with van der Waals surface area (Å²) in [6.45, 7) is 9.19. The highest BCUT2D eigenvalue weighted by molar-refractivity contribution is 5.95. The summed E-state index contributed by atoms with van der Waals surface area (Å²) in [6.07, 6.45) is 7.67. The molecule has 2 aromatic carbocycles. The summed E-state index contributed by atoms with van der Waals surface area (Å²) in [4.78, 5) is 53.1. The van der Waals surface area contributed by atoms with Gasteiger partial charge in [0.1, 0.15) is 11.2 Å². The molecule has 13 heteroatoms. The van der Waals surface area contributed by atoms with Crippen molar-refractivity contribution in [3.63, 3.8) is 0 Å². The van der Waals surface area contributed by atoms with Crippen molar-refractivity contribution >= 4 is 34.5 Å². The van der Waals surface area contributed by atoms with Gasteiger partial charge in [-0.15, -0.1) is 0 Å². The van der Waals surface area contributed by atoms with E-state index in [9.17, 15) is 14.7 Å². The van der Waals surface area contributed by atoms with Gasteiger partial charge in [-0.3, -0.25) is 19.4 Å². The first kappa shape index (κ1) is 40.4. The van der Waals surface area contributed by atoms with Gasteiger partial charge in [-0.05, 0) is 61.4 Å². The molecule has 6 heterocycles. The molecular weight excluding hydrogens is 760 g/mol. The maximum Gasteiger partial charge on any atom is 1.00 e. The van der Waals surface area contributed by atoms with Crippen LogP contribution in [-0.2, 0) is 46.0 Å². The first-order valence-corrected chi connectivity index (χ1v) is 20.3. The van der Waals surface area contributed by atoms with Crippen LogP contribution in [0.15, 0.2) is 60.2 Å². The number of aromatic amines is 1. The number of benzene rings is 2.